The second kappa shape index (κ2) is 9.23. The zero-order valence-electron chi connectivity index (χ0n) is 13.3. The van der Waals surface area contributed by atoms with E-state index in [4.69, 9.17) is 16.6 Å². The van der Waals surface area contributed by atoms with Crippen molar-refractivity contribution in [1.29, 1.82) is 0 Å². The first-order valence-corrected chi connectivity index (χ1v) is 7.30. The summed E-state index contributed by atoms with van der Waals surface area (Å²) in [6.45, 7) is -0.617. The van der Waals surface area contributed by atoms with Gasteiger partial charge >= 0.3 is 5.97 Å². The fourth-order valence-corrected chi connectivity index (χ4v) is 1.95. The van der Waals surface area contributed by atoms with Gasteiger partial charge in [0.2, 0.25) is 17.7 Å². The highest BCUT2D eigenvalue weighted by Crippen LogP contribution is 2.11. The van der Waals surface area contributed by atoms with Crippen molar-refractivity contribution in [2.24, 2.45) is 11.5 Å². The molecule has 1 aromatic rings. The Morgan fingerprint density at radius 3 is 2.20 bits per heavy atom. The molecule has 0 aliphatic carbocycles. The molecule has 1 rings (SSSR count). The maximum atomic E-state index is 12.1. The van der Waals surface area contributed by atoms with Crippen molar-refractivity contribution in [1.82, 2.24) is 10.6 Å². The van der Waals surface area contributed by atoms with E-state index in [0.717, 1.165) is 0 Å². The van der Waals surface area contributed by atoms with Gasteiger partial charge in [0.15, 0.2) is 0 Å². The van der Waals surface area contributed by atoms with Crippen molar-refractivity contribution in [2.75, 3.05) is 6.54 Å². The van der Waals surface area contributed by atoms with Crippen LogP contribution in [0.3, 0.4) is 0 Å². The Kier molecular flexibility index (Phi) is 7.35. The molecule has 10 heteroatoms. The molecule has 0 radical (unpaired) electrons. The second-order valence-electron chi connectivity index (χ2n) is 5.32. The largest absolute Gasteiger partial charge is 0.508 e. The number of rotatable bonds is 9. The highest BCUT2D eigenvalue weighted by Gasteiger charge is 2.25. The summed E-state index contributed by atoms with van der Waals surface area (Å²) in [5.41, 5.74) is 11.1. The van der Waals surface area contributed by atoms with Gasteiger partial charge in [0.25, 0.3) is 0 Å². The summed E-state index contributed by atoms with van der Waals surface area (Å²) in [7, 11) is 0. The maximum Gasteiger partial charge on any atom is 0.322 e. The van der Waals surface area contributed by atoms with Gasteiger partial charge in [-0.25, -0.2) is 0 Å². The number of phenolic OH excluding ortho intramolecular Hbond substituents is 1. The molecular formula is C15H20N4O6. The lowest BCUT2D eigenvalue weighted by atomic mass is 10.0. The van der Waals surface area contributed by atoms with Gasteiger partial charge in [0.1, 0.15) is 18.3 Å². The number of nitrogens with two attached hydrogens (primary N) is 2. The molecule has 8 N–H and O–H groups in total. The Hall–Kier alpha value is -3.14. The van der Waals surface area contributed by atoms with Crippen LogP contribution >= 0.6 is 0 Å². The van der Waals surface area contributed by atoms with Gasteiger partial charge in [-0.3, -0.25) is 19.2 Å². The number of amides is 3. The molecule has 2 atom stereocenters. The SMILES string of the molecule is NC(=O)C[C@H](N)C(=O)N[C@@H](Cc1ccc(O)cc1)C(=O)NCC(=O)O. The number of carbonyl (C=O) groups is 4. The van der Waals surface area contributed by atoms with Crippen LogP contribution in [0.5, 0.6) is 5.75 Å². The summed E-state index contributed by atoms with van der Waals surface area (Å²) in [6, 6.07) is 3.55. The fourth-order valence-electron chi connectivity index (χ4n) is 1.95. The van der Waals surface area contributed by atoms with E-state index in [2.05, 4.69) is 10.6 Å². The summed E-state index contributed by atoms with van der Waals surface area (Å²) in [6.07, 6.45) is -0.366. The van der Waals surface area contributed by atoms with Gasteiger partial charge in [-0.05, 0) is 17.7 Å². The molecule has 136 valence electrons. The first kappa shape index (κ1) is 19.9. The zero-order chi connectivity index (χ0) is 19.0. The third-order valence-electron chi connectivity index (χ3n) is 3.18. The first-order chi connectivity index (χ1) is 11.7. The average molecular weight is 352 g/mol. The number of hydrogen-bond acceptors (Lipinski definition) is 6. The molecule has 0 saturated carbocycles. The molecule has 0 bridgehead atoms. The van der Waals surface area contributed by atoms with Crippen LogP contribution in [0.2, 0.25) is 0 Å². The monoisotopic (exact) mass is 352 g/mol. The van der Waals surface area contributed by atoms with Gasteiger partial charge in [-0.1, -0.05) is 12.1 Å². The Balaban J connectivity index is 2.84. The van der Waals surface area contributed by atoms with Crippen LogP contribution in [0.25, 0.3) is 0 Å². The van der Waals surface area contributed by atoms with Gasteiger partial charge in [0.05, 0.1) is 12.5 Å². The zero-order valence-corrected chi connectivity index (χ0v) is 13.3. The Morgan fingerprint density at radius 1 is 1.08 bits per heavy atom. The van der Waals surface area contributed by atoms with E-state index in [-0.39, 0.29) is 12.2 Å². The number of aromatic hydroxyl groups is 1. The molecule has 0 aromatic heterocycles. The first-order valence-electron chi connectivity index (χ1n) is 7.30. The van der Waals surface area contributed by atoms with E-state index in [0.29, 0.717) is 5.56 Å². The minimum Gasteiger partial charge on any atom is -0.508 e. The lowest BCUT2D eigenvalue weighted by molar-refractivity contribution is -0.138. The van der Waals surface area contributed by atoms with Crippen molar-refractivity contribution < 1.29 is 29.4 Å². The summed E-state index contributed by atoms with van der Waals surface area (Å²) in [5, 5.41) is 22.4. The lowest BCUT2D eigenvalue weighted by Crippen LogP contribution is -2.53. The van der Waals surface area contributed by atoms with Crippen LogP contribution in [-0.2, 0) is 25.6 Å². The molecule has 1 aromatic carbocycles. The number of nitrogens with one attached hydrogen (secondary N) is 2. The van der Waals surface area contributed by atoms with Crippen LogP contribution in [0.4, 0.5) is 0 Å². The molecule has 25 heavy (non-hydrogen) atoms. The Labute approximate surface area is 143 Å². The number of carboxylic acid groups (broad SMARTS) is 1. The van der Waals surface area contributed by atoms with Gasteiger partial charge in [-0.2, -0.15) is 0 Å². The predicted octanol–water partition coefficient (Wildman–Crippen LogP) is -2.18. The standard InChI is InChI=1S/C15H20N4O6/c16-10(6-12(17)21)14(24)19-11(15(25)18-7-13(22)23)5-8-1-3-9(20)4-2-8/h1-4,10-11,20H,5-7,16H2,(H2,17,21)(H,18,25)(H,19,24)(H,22,23)/t10-,11-/m0/s1. The molecule has 0 saturated heterocycles. The number of benzene rings is 1. The third-order valence-corrected chi connectivity index (χ3v) is 3.18. The lowest BCUT2D eigenvalue weighted by Gasteiger charge is -2.20. The third kappa shape index (κ3) is 7.31. The van der Waals surface area contributed by atoms with E-state index in [1.807, 2.05) is 0 Å². The van der Waals surface area contributed by atoms with Crippen molar-refractivity contribution in [3.8, 4) is 5.75 Å². The number of primary amides is 1. The fraction of sp³-hybridized carbons (Fsp3) is 0.333. The molecule has 0 spiro atoms. The highest BCUT2D eigenvalue weighted by molar-refractivity contribution is 5.93. The Morgan fingerprint density at radius 2 is 1.68 bits per heavy atom. The molecule has 10 nitrogen and oxygen atoms in total. The topological polar surface area (TPSA) is 185 Å². The van der Waals surface area contributed by atoms with Gasteiger partial charge < -0.3 is 32.3 Å². The summed E-state index contributed by atoms with van der Waals surface area (Å²) in [4.78, 5) is 45.5. The maximum absolute atomic E-state index is 12.1. The van der Waals surface area contributed by atoms with E-state index < -0.39 is 48.7 Å². The quantitative estimate of drug-likeness (QED) is 0.292. The molecule has 0 unspecified atom stereocenters. The number of carbonyl (C=O) groups excluding carboxylic acids is 3. The highest BCUT2D eigenvalue weighted by atomic mass is 16.4. The van der Waals surface area contributed by atoms with E-state index in [1.54, 1.807) is 12.1 Å². The number of hydrogen-bond donors (Lipinski definition) is 6. The molecule has 0 aliphatic heterocycles. The van der Waals surface area contributed by atoms with Gasteiger partial charge in [0, 0.05) is 6.42 Å². The predicted molar refractivity (Wildman–Crippen MR) is 86.2 cm³/mol. The minimum absolute atomic E-state index is 0.0285. The van der Waals surface area contributed by atoms with Crippen molar-refractivity contribution >= 4 is 23.7 Å². The smallest absolute Gasteiger partial charge is 0.322 e. The number of aliphatic carboxylic acids is 1. The van der Waals surface area contributed by atoms with Gasteiger partial charge in [-0.15, -0.1) is 0 Å². The Bertz CT molecular complexity index is 646. The molecule has 0 heterocycles. The van der Waals surface area contributed by atoms with Crippen LogP contribution in [0.1, 0.15) is 12.0 Å². The van der Waals surface area contributed by atoms with Crippen LogP contribution < -0.4 is 22.1 Å². The molecule has 0 aliphatic rings. The molecular weight excluding hydrogens is 332 g/mol. The summed E-state index contributed by atoms with van der Waals surface area (Å²) in [5.74, 6) is -3.48. The van der Waals surface area contributed by atoms with Crippen molar-refractivity contribution in [3.63, 3.8) is 0 Å². The number of carboxylic acids is 1. The van der Waals surface area contributed by atoms with E-state index in [1.165, 1.54) is 12.1 Å². The summed E-state index contributed by atoms with van der Waals surface area (Å²) >= 11 is 0. The second-order valence-corrected chi connectivity index (χ2v) is 5.32. The summed E-state index contributed by atoms with van der Waals surface area (Å²) < 4.78 is 0. The van der Waals surface area contributed by atoms with E-state index in [9.17, 15) is 24.3 Å². The van der Waals surface area contributed by atoms with Crippen LogP contribution in [-0.4, -0.2) is 52.5 Å². The number of phenols is 1. The molecule has 3 amide bonds. The van der Waals surface area contributed by atoms with Crippen molar-refractivity contribution in [3.05, 3.63) is 29.8 Å². The van der Waals surface area contributed by atoms with E-state index >= 15 is 0 Å². The normalized spacial score (nSPS) is 12.7. The average Bonchev–Trinajstić information content (AvgIpc) is 2.53. The van der Waals surface area contributed by atoms with Crippen molar-refractivity contribution in [2.45, 2.75) is 24.9 Å². The van der Waals surface area contributed by atoms with Crippen LogP contribution in [0, 0.1) is 0 Å². The molecule has 0 fully saturated rings. The minimum atomic E-state index is -1.24. The van der Waals surface area contributed by atoms with Crippen LogP contribution in [0.15, 0.2) is 24.3 Å².